The van der Waals surface area contributed by atoms with Crippen LogP contribution >= 0.6 is 11.3 Å². The number of rotatable bonds is 2. The van der Waals surface area contributed by atoms with E-state index in [2.05, 4.69) is 9.88 Å². The number of hydrogen-bond donors (Lipinski definition) is 0. The molecule has 2 heterocycles. The number of carbonyl (C=O) groups excluding carboxylic acids is 1. The minimum absolute atomic E-state index is 0.682. The first-order valence-electron chi connectivity index (χ1n) is 4.14. The van der Waals surface area contributed by atoms with Crippen molar-refractivity contribution in [2.24, 2.45) is 0 Å². The molecule has 0 aliphatic carbocycles. The van der Waals surface area contributed by atoms with Crippen LogP contribution in [0.2, 0.25) is 0 Å². The van der Waals surface area contributed by atoms with Crippen molar-refractivity contribution in [2.75, 3.05) is 31.2 Å². The van der Waals surface area contributed by atoms with E-state index in [1.165, 1.54) is 11.3 Å². The standard InChI is InChI=1S/C8H10N2O2S/c11-6-7-5-9-8(13-7)10-1-3-12-4-2-10/h5-6H,1-4H2. The lowest BCUT2D eigenvalue weighted by Gasteiger charge is -2.25. The van der Waals surface area contributed by atoms with E-state index in [4.69, 9.17) is 4.74 Å². The lowest BCUT2D eigenvalue weighted by Crippen LogP contribution is -2.36. The lowest BCUT2D eigenvalue weighted by atomic mass is 10.5. The molecule has 5 heteroatoms. The second kappa shape index (κ2) is 3.85. The quantitative estimate of drug-likeness (QED) is 0.659. The van der Waals surface area contributed by atoms with Gasteiger partial charge >= 0.3 is 0 Å². The van der Waals surface area contributed by atoms with Crippen molar-refractivity contribution in [3.63, 3.8) is 0 Å². The van der Waals surface area contributed by atoms with Crippen LogP contribution in [-0.4, -0.2) is 37.6 Å². The molecule has 0 radical (unpaired) electrons. The third-order valence-corrected chi connectivity index (χ3v) is 2.89. The van der Waals surface area contributed by atoms with Crippen LogP contribution in [0.5, 0.6) is 0 Å². The maximum Gasteiger partial charge on any atom is 0.186 e. The number of aromatic nitrogens is 1. The van der Waals surface area contributed by atoms with Crippen molar-refractivity contribution in [2.45, 2.75) is 0 Å². The van der Waals surface area contributed by atoms with E-state index in [-0.39, 0.29) is 0 Å². The number of thiazole rings is 1. The van der Waals surface area contributed by atoms with Gasteiger partial charge in [0, 0.05) is 13.1 Å². The molecular weight excluding hydrogens is 188 g/mol. The Morgan fingerprint density at radius 1 is 1.54 bits per heavy atom. The summed E-state index contributed by atoms with van der Waals surface area (Å²) in [5, 5.41) is 0.922. The minimum Gasteiger partial charge on any atom is -0.378 e. The topological polar surface area (TPSA) is 42.4 Å². The van der Waals surface area contributed by atoms with Gasteiger partial charge in [0.05, 0.1) is 24.3 Å². The van der Waals surface area contributed by atoms with E-state index in [1.54, 1.807) is 6.20 Å². The molecule has 0 atom stereocenters. The van der Waals surface area contributed by atoms with E-state index < -0.39 is 0 Å². The fraction of sp³-hybridized carbons (Fsp3) is 0.500. The molecule has 1 aromatic rings. The molecule has 13 heavy (non-hydrogen) atoms. The van der Waals surface area contributed by atoms with Crippen molar-refractivity contribution < 1.29 is 9.53 Å². The van der Waals surface area contributed by atoms with E-state index >= 15 is 0 Å². The largest absolute Gasteiger partial charge is 0.378 e. The first-order valence-corrected chi connectivity index (χ1v) is 4.95. The summed E-state index contributed by atoms with van der Waals surface area (Å²) in [5.41, 5.74) is 0. The highest BCUT2D eigenvalue weighted by Gasteiger charge is 2.13. The number of aldehydes is 1. The van der Waals surface area contributed by atoms with Gasteiger partial charge in [-0.3, -0.25) is 4.79 Å². The molecule has 4 nitrogen and oxygen atoms in total. The molecule has 0 N–H and O–H groups in total. The van der Waals surface area contributed by atoms with Crippen LogP contribution in [0.25, 0.3) is 0 Å². The number of hydrogen-bond acceptors (Lipinski definition) is 5. The van der Waals surface area contributed by atoms with Gasteiger partial charge in [-0.15, -0.1) is 0 Å². The van der Waals surface area contributed by atoms with Gasteiger partial charge in [-0.05, 0) is 0 Å². The summed E-state index contributed by atoms with van der Waals surface area (Å²) >= 11 is 1.43. The Morgan fingerprint density at radius 2 is 2.31 bits per heavy atom. The van der Waals surface area contributed by atoms with Crippen molar-refractivity contribution in [3.8, 4) is 0 Å². The maximum atomic E-state index is 10.4. The maximum absolute atomic E-state index is 10.4. The summed E-state index contributed by atoms with van der Waals surface area (Å²) in [7, 11) is 0. The lowest BCUT2D eigenvalue weighted by molar-refractivity contribution is 0.112. The zero-order chi connectivity index (χ0) is 9.10. The van der Waals surface area contributed by atoms with E-state index in [0.29, 0.717) is 4.88 Å². The van der Waals surface area contributed by atoms with E-state index in [9.17, 15) is 4.79 Å². The van der Waals surface area contributed by atoms with Gasteiger partial charge in [-0.2, -0.15) is 0 Å². The molecule has 1 saturated heterocycles. The number of anilines is 1. The minimum atomic E-state index is 0.682. The fourth-order valence-electron chi connectivity index (χ4n) is 1.23. The highest BCUT2D eigenvalue weighted by atomic mass is 32.1. The van der Waals surface area contributed by atoms with Crippen LogP contribution in [0, 0.1) is 0 Å². The Labute approximate surface area is 80.1 Å². The fourth-order valence-corrected chi connectivity index (χ4v) is 2.01. The summed E-state index contributed by atoms with van der Waals surface area (Å²) in [4.78, 5) is 17.4. The highest BCUT2D eigenvalue weighted by Crippen LogP contribution is 2.21. The first kappa shape index (κ1) is 8.65. The average Bonchev–Trinajstić information content (AvgIpc) is 2.67. The monoisotopic (exact) mass is 198 g/mol. The number of carbonyl (C=O) groups is 1. The van der Waals surface area contributed by atoms with Gasteiger partial charge in [-0.25, -0.2) is 4.98 Å². The summed E-state index contributed by atoms with van der Waals surface area (Å²) in [6.45, 7) is 3.23. The summed E-state index contributed by atoms with van der Waals surface area (Å²) in [5.74, 6) is 0. The van der Waals surface area contributed by atoms with Gasteiger partial charge in [-0.1, -0.05) is 11.3 Å². The third kappa shape index (κ3) is 1.87. The number of nitrogens with zero attached hydrogens (tertiary/aromatic N) is 2. The second-order valence-corrected chi connectivity index (χ2v) is 3.80. The molecule has 1 fully saturated rings. The van der Waals surface area contributed by atoms with Crippen LogP contribution in [0.3, 0.4) is 0 Å². The normalized spacial score (nSPS) is 17.4. The van der Waals surface area contributed by atoms with Crippen LogP contribution in [0.4, 0.5) is 5.13 Å². The average molecular weight is 198 g/mol. The molecular formula is C8H10N2O2S. The SMILES string of the molecule is O=Cc1cnc(N2CCOCC2)s1. The second-order valence-electron chi connectivity index (χ2n) is 2.76. The van der Waals surface area contributed by atoms with Crippen LogP contribution in [-0.2, 0) is 4.74 Å². The predicted octanol–water partition coefficient (Wildman–Crippen LogP) is 0.792. The van der Waals surface area contributed by atoms with Crippen molar-refractivity contribution in [1.82, 2.24) is 4.98 Å². The Kier molecular flexibility index (Phi) is 2.56. The zero-order valence-electron chi connectivity index (χ0n) is 7.10. The van der Waals surface area contributed by atoms with Crippen molar-refractivity contribution >= 4 is 22.8 Å². The molecule has 0 aromatic carbocycles. The Hall–Kier alpha value is -0.940. The highest BCUT2D eigenvalue weighted by molar-refractivity contribution is 7.17. The summed E-state index contributed by atoms with van der Waals surface area (Å²) in [6, 6.07) is 0. The van der Waals surface area contributed by atoms with E-state index in [1.807, 2.05) is 0 Å². The summed E-state index contributed by atoms with van der Waals surface area (Å²) < 4.78 is 5.22. The van der Waals surface area contributed by atoms with Gasteiger partial charge in [0.25, 0.3) is 0 Å². The molecule has 1 aliphatic heterocycles. The van der Waals surface area contributed by atoms with Gasteiger partial charge < -0.3 is 9.64 Å². The third-order valence-electron chi connectivity index (χ3n) is 1.91. The van der Waals surface area contributed by atoms with Crippen LogP contribution in [0.15, 0.2) is 6.20 Å². The van der Waals surface area contributed by atoms with Crippen LogP contribution in [0.1, 0.15) is 9.67 Å². The molecule has 0 bridgehead atoms. The van der Waals surface area contributed by atoms with Crippen LogP contribution < -0.4 is 4.90 Å². The zero-order valence-corrected chi connectivity index (χ0v) is 7.92. The van der Waals surface area contributed by atoms with Gasteiger partial charge in [0.1, 0.15) is 0 Å². The molecule has 0 spiro atoms. The summed E-state index contributed by atoms with van der Waals surface area (Å²) in [6.07, 6.45) is 2.45. The molecule has 0 amide bonds. The van der Waals surface area contributed by atoms with Gasteiger partial charge in [0.2, 0.25) is 0 Å². The molecule has 1 aromatic heterocycles. The predicted molar refractivity (Wildman–Crippen MR) is 50.5 cm³/mol. The van der Waals surface area contributed by atoms with Crippen molar-refractivity contribution in [1.29, 1.82) is 0 Å². The van der Waals surface area contributed by atoms with Crippen molar-refractivity contribution in [3.05, 3.63) is 11.1 Å². The smallest absolute Gasteiger partial charge is 0.186 e. The molecule has 0 unspecified atom stereocenters. The van der Waals surface area contributed by atoms with E-state index in [0.717, 1.165) is 37.7 Å². The molecule has 70 valence electrons. The number of ether oxygens (including phenoxy) is 1. The Balaban J connectivity index is 2.09. The molecule has 0 saturated carbocycles. The molecule has 2 rings (SSSR count). The first-order chi connectivity index (χ1) is 6.40. The van der Waals surface area contributed by atoms with Gasteiger partial charge in [0.15, 0.2) is 11.4 Å². The Morgan fingerprint density at radius 3 is 2.92 bits per heavy atom. The Bertz CT molecular complexity index is 294. The number of morpholine rings is 1. The molecule has 1 aliphatic rings.